The number of ether oxygens (including phenoxy) is 1. The molecule has 0 aliphatic carbocycles. The number of carbonyl (C=O) groups is 1. The van der Waals surface area contributed by atoms with Gasteiger partial charge < -0.3 is 15.4 Å². The number of amides is 2. The molecule has 2 aromatic carbocycles. The smallest absolute Gasteiger partial charge is 0.314 e. The summed E-state index contributed by atoms with van der Waals surface area (Å²) in [4.78, 5) is 11.6. The van der Waals surface area contributed by atoms with Crippen LogP contribution in [0.4, 0.5) is 4.79 Å². The molecular formula is C19H26N2O2. The molecule has 0 aliphatic heterocycles. The molecule has 0 aliphatic rings. The van der Waals surface area contributed by atoms with Crippen LogP contribution in [-0.4, -0.2) is 26.2 Å². The van der Waals surface area contributed by atoms with Crippen LogP contribution >= 0.6 is 0 Å². The topological polar surface area (TPSA) is 50.4 Å². The van der Waals surface area contributed by atoms with Crippen molar-refractivity contribution in [2.75, 3.05) is 20.2 Å². The van der Waals surface area contributed by atoms with E-state index < -0.39 is 0 Å². The molecule has 2 aromatic rings. The van der Waals surface area contributed by atoms with Gasteiger partial charge in [0.25, 0.3) is 0 Å². The summed E-state index contributed by atoms with van der Waals surface area (Å²) < 4.78 is 5.34. The lowest BCUT2D eigenvalue weighted by atomic mass is 9.97. The van der Waals surface area contributed by atoms with Crippen molar-refractivity contribution in [3.8, 4) is 5.75 Å². The lowest BCUT2D eigenvalue weighted by Crippen LogP contribution is -2.36. The summed E-state index contributed by atoms with van der Waals surface area (Å²) in [5.41, 5.74) is 2.56. The Bertz CT molecular complexity index is 668. The molecule has 0 spiro atoms. The molecule has 0 fully saturated rings. The zero-order valence-corrected chi connectivity index (χ0v) is 14.2. The summed E-state index contributed by atoms with van der Waals surface area (Å²) in [6.07, 6.45) is 2.74. The molecule has 0 bridgehead atoms. The highest BCUT2D eigenvalue weighted by Crippen LogP contribution is 2.26. The Morgan fingerprint density at radius 2 is 1.87 bits per heavy atom. The quantitative estimate of drug-likeness (QED) is 0.819. The second-order valence-corrected chi connectivity index (χ2v) is 5.63. The Morgan fingerprint density at radius 3 is 2.57 bits per heavy atom. The number of carbonyl (C=O) groups excluding carboxylic acids is 1. The second-order valence-electron chi connectivity index (χ2n) is 5.63. The molecule has 0 saturated carbocycles. The number of fused-ring (bicyclic) bond motifs is 1. The summed E-state index contributed by atoms with van der Waals surface area (Å²) in [6, 6.07) is 10.5. The van der Waals surface area contributed by atoms with E-state index in [1.807, 2.05) is 13.0 Å². The van der Waals surface area contributed by atoms with Crippen molar-refractivity contribution in [3.05, 3.63) is 41.5 Å². The van der Waals surface area contributed by atoms with Gasteiger partial charge in [0.15, 0.2) is 0 Å². The van der Waals surface area contributed by atoms with Crippen molar-refractivity contribution in [3.63, 3.8) is 0 Å². The fraction of sp³-hybridized carbons (Fsp3) is 0.421. The minimum absolute atomic E-state index is 0.0969. The lowest BCUT2D eigenvalue weighted by Gasteiger charge is -2.12. The normalized spacial score (nSPS) is 10.6. The van der Waals surface area contributed by atoms with Gasteiger partial charge in [-0.3, -0.25) is 0 Å². The Morgan fingerprint density at radius 1 is 1.09 bits per heavy atom. The Hall–Kier alpha value is -2.23. The molecule has 0 aromatic heterocycles. The number of nitrogens with one attached hydrogen (secondary N) is 2. The minimum Gasteiger partial charge on any atom is -0.497 e. The molecule has 0 saturated heterocycles. The maximum atomic E-state index is 11.6. The van der Waals surface area contributed by atoms with Crippen molar-refractivity contribution < 1.29 is 9.53 Å². The number of hydrogen-bond donors (Lipinski definition) is 2. The highest BCUT2D eigenvalue weighted by atomic mass is 16.5. The van der Waals surface area contributed by atoms with Gasteiger partial charge in [-0.2, -0.15) is 0 Å². The number of benzene rings is 2. The van der Waals surface area contributed by atoms with E-state index in [1.54, 1.807) is 7.11 Å². The van der Waals surface area contributed by atoms with Crippen LogP contribution in [0, 0.1) is 0 Å². The molecule has 0 atom stereocenters. The SMILES string of the molecule is CCCNC(=O)NCCc1cc(CC)cc2ccc(OC)cc12. The van der Waals surface area contributed by atoms with Crippen LogP contribution in [-0.2, 0) is 12.8 Å². The third-order valence-corrected chi connectivity index (χ3v) is 3.93. The zero-order chi connectivity index (χ0) is 16.7. The van der Waals surface area contributed by atoms with Crippen LogP contribution in [0.1, 0.15) is 31.4 Å². The summed E-state index contributed by atoms with van der Waals surface area (Å²) >= 11 is 0. The second kappa shape index (κ2) is 8.42. The first-order chi connectivity index (χ1) is 11.2. The Kier molecular flexibility index (Phi) is 6.27. The number of methoxy groups -OCH3 is 1. The number of urea groups is 1. The average Bonchev–Trinajstić information content (AvgIpc) is 2.59. The van der Waals surface area contributed by atoms with Crippen molar-refractivity contribution >= 4 is 16.8 Å². The fourth-order valence-electron chi connectivity index (χ4n) is 2.63. The third kappa shape index (κ3) is 4.62. The average molecular weight is 314 g/mol. The maximum absolute atomic E-state index is 11.6. The van der Waals surface area contributed by atoms with Crippen molar-refractivity contribution in [1.29, 1.82) is 0 Å². The zero-order valence-electron chi connectivity index (χ0n) is 14.2. The van der Waals surface area contributed by atoms with Gasteiger partial charge in [-0.05, 0) is 53.3 Å². The first kappa shape index (κ1) is 17.1. The van der Waals surface area contributed by atoms with Gasteiger partial charge in [0.2, 0.25) is 0 Å². The first-order valence-electron chi connectivity index (χ1n) is 8.29. The van der Waals surface area contributed by atoms with E-state index in [0.717, 1.165) is 25.0 Å². The molecule has 4 nitrogen and oxygen atoms in total. The summed E-state index contributed by atoms with van der Waals surface area (Å²) in [6.45, 7) is 5.52. The number of rotatable bonds is 7. The molecule has 0 heterocycles. The molecule has 4 heteroatoms. The van der Waals surface area contributed by atoms with Crippen LogP contribution in [0.3, 0.4) is 0 Å². The summed E-state index contributed by atoms with van der Waals surface area (Å²) in [7, 11) is 1.68. The molecule has 0 radical (unpaired) electrons. The largest absolute Gasteiger partial charge is 0.497 e. The fourth-order valence-corrected chi connectivity index (χ4v) is 2.63. The van der Waals surface area contributed by atoms with E-state index >= 15 is 0 Å². The minimum atomic E-state index is -0.0969. The van der Waals surface area contributed by atoms with Gasteiger partial charge in [0.05, 0.1) is 7.11 Å². The van der Waals surface area contributed by atoms with Gasteiger partial charge in [0.1, 0.15) is 5.75 Å². The van der Waals surface area contributed by atoms with E-state index in [9.17, 15) is 4.79 Å². The molecule has 2 rings (SSSR count). The van der Waals surface area contributed by atoms with Crippen LogP contribution < -0.4 is 15.4 Å². The van der Waals surface area contributed by atoms with Crippen LogP contribution in [0.5, 0.6) is 5.75 Å². The molecular weight excluding hydrogens is 288 g/mol. The highest BCUT2D eigenvalue weighted by molar-refractivity contribution is 5.88. The maximum Gasteiger partial charge on any atom is 0.314 e. The van der Waals surface area contributed by atoms with E-state index in [-0.39, 0.29) is 6.03 Å². The van der Waals surface area contributed by atoms with Gasteiger partial charge in [-0.25, -0.2) is 4.79 Å². The summed E-state index contributed by atoms with van der Waals surface area (Å²) in [5, 5.41) is 8.15. The standard InChI is InChI=1S/C19H26N2O2/c1-4-9-20-19(22)21-10-8-16-12-14(5-2)11-15-6-7-17(23-3)13-18(15)16/h6-7,11-13H,4-5,8-10H2,1-3H3,(H2,20,21,22). The lowest BCUT2D eigenvalue weighted by molar-refractivity contribution is 0.241. The Labute approximate surface area is 138 Å². The predicted octanol–water partition coefficient (Wildman–Crippen LogP) is 3.66. The molecule has 2 amide bonds. The predicted molar refractivity (Wildman–Crippen MR) is 95.3 cm³/mol. The molecule has 124 valence electrons. The summed E-state index contributed by atoms with van der Waals surface area (Å²) in [5.74, 6) is 0.858. The monoisotopic (exact) mass is 314 g/mol. The van der Waals surface area contributed by atoms with Crippen molar-refractivity contribution in [1.82, 2.24) is 10.6 Å². The van der Waals surface area contributed by atoms with Gasteiger partial charge in [-0.1, -0.05) is 32.0 Å². The van der Waals surface area contributed by atoms with Crippen LogP contribution in [0.2, 0.25) is 0 Å². The van der Waals surface area contributed by atoms with Crippen LogP contribution in [0.25, 0.3) is 10.8 Å². The molecule has 2 N–H and O–H groups in total. The molecule has 23 heavy (non-hydrogen) atoms. The Balaban J connectivity index is 2.15. The van der Waals surface area contributed by atoms with Crippen molar-refractivity contribution in [2.24, 2.45) is 0 Å². The van der Waals surface area contributed by atoms with E-state index in [1.165, 1.54) is 21.9 Å². The highest BCUT2D eigenvalue weighted by Gasteiger charge is 2.06. The van der Waals surface area contributed by atoms with Crippen LogP contribution in [0.15, 0.2) is 30.3 Å². The van der Waals surface area contributed by atoms with E-state index in [2.05, 4.69) is 41.8 Å². The number of hydrogen-bond acceptors (Lipinski definition) is 2. The molecule has 0 unspecified atom stereocenters. The first-order valence-corrected chi connectivity index (χ1v) is 8.29. The van der Waals surface area contributed by atoms with Gasteiger partial charge in [-0.15, -0.1) is 0 Å². The van der Waals surface area contributed by atoms with E-state index in [4.69, 9.17) is 4.74 Å². The van der Waals surface area contributed by atoms with Gasteiger partial charge in [0, 0.05) is 13.1 Å². The third-order valence-electron chi connectivity index (χ3n) is 3.93. The van der Waals surface area contributed by atoms with Gasteiger partial charge >= 0.3 is 6.03 Å². The van der Waals surface area contributed by atoms with Crippen molar-refractivity contribution in [2.45, 2.75) is 33.1 Å². The van der Waals surface area contributed by atoms with E-state index in [0.29, 0.717) is 13.1 Å². The number of aryl methyl sites for hydroxylation is 1.